The summed E-state index contributed by atoms with van der Waals surface area (Å²) in [4.78, 5) is 27.9. The molecule has 0 bridgehead atoms. The van der Waals surface area contributed by atoms with Crippen LogP contribution in [0.5, 0.6) is 0 Å². The molecule has 0 saturated heterocycles. The van der Waals surface area contributed by atoms with E-state index in [0.29, 0.717) is 37.2 Å². The summed E-state index contributed by atoms with van der Waals surface area (Å²) in [7, 11) is 0. The molecule has 0 spiro atoms. The number of hydrogen-bond acceptors (Lipinski definition) is 5. The molecule has 0 unspecified atom stereocenters. The van der Waals surface area contributed by atoms with Crippen molar-refractivity contribution in [2.24, 2.45) is 10.4 Å². The smallest absolute Gasteiger partial charge is 0.407 e. The van der Waals surface area contributed by atoms with Gasteiger partial charge in [-0.1, -0.05) is 13.8 Å². The topological polar surface area (TPSA) is 88.0 Å². The van der Waals surface area contributed by atoms with Gasteiger partial charge in [0, 0.05) is 25.1 Å². The van der Waals surface area contributed by atoms with E-state index in [4.69, 9.17) is 4.74 Å². The Hall–Kier alpha value is -1.85. The van der Waals surface area contributed by atoms with Crippen molar-refractivity contribution < 1.29 is 19.4 Å². The summed E-state index contributed by atoms with van der Waals surface area (Å²) in [5.74, 6) is 0.0210. The standard InChI is InChI=1S/C17H28N2O4/c1-11(14-12(20)9-17(5,6)10-13(14)21)18-7-8-19-15(22)23-16(2,3)4/h20H,7-10H2,1-6H3,(H,19,22). The minimum absolute atomic E-state index is 0.0832. The number of ketones is 1. The molecule has 6 nitrogen and oxygen atoms in total. The number of aliphatic hydroxyl groups is 1. The summed E-state index contributed by atoms with van der Waals surface area (Å²) in [5, 5.41) is 12.7. The van der Waals surface area contributed by atoms with Gasteiger partial charge in [-0.2, -0.15) is 0 Å². The number of ether oxygens (including phenoxy) is 1. The maximum Gasteiger partial charge on any atom is 0.407 e. The zero-order valence-electron chi connectivity index (χ0n) is 14.9. The molecule has 6 heteroatoms. The number of rotatable bonds is 4. The van der Waals surface area contributed by atoms with Crippen LogP contribution in [0.1, 0.15) is 54.4 Å². The summed E-state index contributed by atoms with van der Waals surface area (Å²) < 4.78 is 5.12. The SMILES string of the molecule is CC(=NCCNC(=O)OC(C)(C)C)C1=C(O)CC(C)(C)CC1=O. The van der Waals surface area contributed by atoms with Gasteiger partial charge in [0.15, 0.2) is 5.78 Å². The Bertz CT molecular complexity index is 539. The van der Waals surface area contributed by atoms with E-state index in [1.807, 2.05) is 13.8 Å². The van der Waals surface area contributed by atoms with Gasteiger partial charge in [0.05, 0.1) is 12.1 Å². The van der Waals surface area contributed by atoms with Crippen molar-refractivity contribution in [3.63, 3.8) is 0 Å². The van der Waals surface area contributed by atoms with Crippen LogP contribution in [-0.2, 0) is 9.53 Å². The Labute approximate surface area is 138 Å². The van der Waals surface area contributed by atoms with Gasteiger partial charge in [-0.05, 0) is 33.1 Å². The summed E-state index contributed by atoms with van der Waals surface area (Å²) in [5.41, 5.74) is 0.0697. The summed E-state index contributed by atoms with van der Waals surface area (Å²) in [6.45, 7) is 11.6. The molecular weight excluding hydrogens is 296 g/mol. The molecule has 0 aromatic rings. The average molecular weight is 324 g/mol. The van der Waals surface area contributed by atoms with Crippen molar-refractivity contribution in [3.8, 4) is 0 Å². The van der Waals surface area contributed by atoms with E-state index in [1.165, 1.54) is 0 Å². The third-order valence-electron chi connectivity index (χ3n) is 3.34. The molecule has 0 aromatic carbocycles. The van der Waals surface area contributed by atoms with Crippen LogP contribution < -0.4 is 5.32 Å². The molecular formula is C17H28N2O4. The highest BCUT2D eigenvalue weighted by molar-refractivity contribution is 6.22. The highest BCUT2D eigenvalue weighted by atomic mass is 16.6. The molecule has 0 heterocycles. The molecule has 0 radical (unpaired) electrons. The van der Waals surface area contributed by atoms with Crippen LogP contribution in [0, 0.1) is 5.41 Å². The third-order valence-corrected chi connectivity index (χ3v) is 3.34. The molecule has 0 fully saturated rings. The van der Waals surface area contributed by atoms with Gasteiger partial charge in [0.25, 0.3) is 0 Å². The number of carbonyl (C=O) groups is 2. The average Bonchev–Trinajstić information content (AvgIpc) is 2.29. The first kappa shape index (κ1) is 19.2. The zero-order valence-corrected chi connectivity index (χ0v) is 14.9. The van der Waals surface area contributed by atoms with E-state index < -0.39 is 11.7 Å². The second-order valence-electron chi connectivity index (χ2n) is 7.66. The molecule has 0 atom stereocenters. The molecule has 23 heavy (non-hydrogen) atoms. The lowest BCUT2D eigenvalue weighted by Gasteiger charge is -2.29. The number of aliphatic imine (C=N–C) groups is 1. The summed E-state index contributed by atoms with van der Waals surface area (Å²) >= 11 is 0. The fourth-order valence-corrected chi connectivity index (χ4v) is 2.47. The quantitative estimate of drug-likeness (QED) is 0.614. The first-order valence-electron chi connectivity index (χ1n) is 7.85. The van der Waals surface area contributed by atoms with Crippen molar-refractivity contribution in [3.05, 3.63) is 11.3 Å². The highest BCUT2D eigenvalue weighted by Gasteiger charge is 2.33. The van der Waals surface area contributed by atoms with E-state index in [0.717, 1.165) is 0 Å². The highest BCUT2D eigenvalue weighted by Crippen LogP contribution is 2.36. The fraction of sp³-hybridized carbons (Fsp3) is 0.706. The van der Waals surface area contributed by atoms with Gasteiger partial charge in [-0.15, -0.1) is 0 Å². The third kappa shape index (κ3) is 6.42. The van der Waals surface area contributed by atoms with E-state index in [-0.39, 0.29) is 17.0 Å². The molecule has 1 amide bonds. The van der Waals surface area contributed by atoms with Crippen molar-refractivity contribution >= 4 is 17.6 Å². The number of Topliss-reactive ketones (excluding diaryl/α,β-unsaturated/α-hetero) is 1. The van der Waals surface area contributed by atoms with E-state index in [9.17, 15) is 14.7 Å². The minimum atomic E-state index is -0.540. The molecule has 1 rings (SSSR count). The van der Waals surface area contributed by atoms with Crippen molar-refractivity contribution in [1.29, 1.82) is 0 Å². The maximum absolute atomic E-state index is 12.2. The van der Waals surface area contributed by atoms with Gasteiger partial charge in [0.2, 0.25) is 0 Å². The second-order valence-corrected chi connectivity index (χ2v) is 7.66. The Kier molecular flexibility index (Phi) is 5.97. The number of aliphatic hydroxyl groups excluding tert-OH is 1. The minimum Gasteiger partial charge on any atom is -0.511 e. The lowest BCUT2D eigenvalue weighted by molar-refractivity contribution is -0.117. The largest absolute Gasteiger partial charge is 0.511 e. The van der Waals surface area contributed by atoms with Gasteiger partial charge in [0.1, 0.15) is 11.4 Å². The number of alkyl carbamates (subject to hydrolysis) is 1. The van der Waals surface area contributed by atoms with Crippen LogP contribution in [0.2, 0.25) is 0 Å². The van der Waals surface area contributed by atoms with E-state index in [1.54, 1.807) is 27.7 Å². The lowest BCUT2D eigenvalue weighted by Crippen LogP contribution is -2.34. The summed E-state index contributed by atoms with van der Waals surface area (Å²) in [6, 6.07) is 0. The van der Waals surface area contributed by atoms with Crippen LogP contribution in [0.25, 0.3) is 0 Å². The normalized spacial score (nSPS) is 18.9. The van der Waals surface area contributed by atoms with Crippen LogP contribution in [0.3, 0.4) is 0 Å². The van der Waals surface area contributed by atoms with Crippen molar-refractivity contribution in [2.75, 3.05) is 13.1 Å². The van der Waals surface area contributed by atoms with E-state index >= 15 is 0 Å². The first-order valence-corrected chi connectivity index (χ1v) is 7.85. The molecule has 130 valence electrons. The zero-order chi connectivity index (χ0) is 17.8. The Morgan fingerprint density at radius 2 is 1.96 bits per heavy atom. The van der Waals surface area contributed by atoms with Crippen LogP contribution in [0.15, 0.2) is 16.3 Å². The molecule has 0 saturated carbocycles. The van der Waals surface area contributed by atoms with Crippen LogP contribution in [0.4, 0.5) is 4.79 Å². The predicted molar refractivity (Wildman–Crippen MR) is 89.9 cm³/mol. The molecule has 1 aliphatic rings. The molecule has 0 aliphatic heterocycles. The Balaban J connectivity index is 2.58. The number of nitrogens with zero attached hydrogens (tertiary/aromatic N) is 1. The number of nitrogens with one attached hydrogen (secondary N) is 1. The van der Waals surface area contributed by atoms with Gasteiger partial charge in [-0.25, -0.2) is 4.79 Å². The van der Waals surface area contributed by atoms with E-state index in [2.05, 4.69) is 10.3 Å². The predicted octanol–water partition coefficient (Wildman–Crippen LogP) is 3.17. The number of amides is 1. The van der Waals surface area contributed by atoms with Crippen LogP contribution >= 0.6 is 0 Å². The van der Waals surface area contributed by atoms with Gasteiger partial charge < -0.3 is 15.2 Å². The lowest BCUT2D eigenvalue weighted by atomic mass is 9.76. The molecule has 1 aliphatic carbocycles. The molecule has 0 aromatic heterocycles. The van der Waals surface area contributed by atoms with Gasteiger partial charge >= 0.3 is 6.09 Å². The van der Waals surface area contributed by atoms with Gasteiger partial charge in [-0.3, -0.25) is 9.79 Å². The summed E-state index contributed by atoms with van der Waals surface area (Å²) in [6.07, 6.45) is 0.370. The fourth-order valence-electron chi connectivity index (χ4n) is 2.47. The first-order chi connectivity index (χ1) is 10.4. The Morgan fingerprint density at radius 1 is 1.35 bits per heavy atom. The van der Waals surface area contributed by atoms with Crippen molar-refractivity contribution in [2.45, 2.75) is 60.0 Å². The number of allylic oxidation sites excluding steroid dienone is 2. The molecule has 2 N–H and O–H groups in total. The maximum atomic E-state index is 12.2. The van der Waals surface area contributed by atoms with Crippen molar-refractivity contribution in [1.82, 2.24) is 5.32 Å². The van der Waals surface area contributed by atoms with Crippen LogP contribution in [-0.4, -0.2) is 41.4 Å². The monoisotopic (exact) mass is 324 g/mol. The second kappa shape index (κ2) is 7.15. The Morgan fingerprint density at radius 3 is 2.48 bits per heavy atom. The number of hydrogen-bond donors (Lipinski definition) is 2. The number of carbonyl (C=O) groups excluding carboxylic acids is 2.